The van der Waals surface area contributed by atoms with Crippen LogP contribution in [0.15, 0.2) is 77.7 Å². The number of ether oxygens (including phenoxy) is 1. The van der Waals surface area contributed by atoms with Crippen molar-refractivity contribution < 1.29 is 13.7 Å². The summed E-state index contributed by atoms with van der Waals surface area (Å²) in [5.74, 6) is 0.575. The minimum absolute atomic E-state index is 0.209. The van der Waals surface area contributed by atoms with E-state index in [1.54, 1.807) is 37.6 Å². The smallest absolute Gasteiger partial charge is 0.255 e. The molecular formula is C22H21NO3S. The molecule has 1 N–H and O–H groups in total. The fraction of sp³-hybridized carbons (Fsp3) is 0.136. The van der Waals surface area contributed by atoms with Gasteiger partial charge in [0.2, 0.25) is 0 Å². The van der Waals surface area contributed by atoms with Gasteiger partial charge in [-0.1, -0.05) is 30.3 Å². The Balaban J connectivity index is 1.79. The molecule has 138 valence electrons. The van der Waals surface area contributed by atoms with E-state index >= 15 is 0 Å². The number of hydrogen-bond donors (Lipinski definition) is 1. The van der Waals surface area contributed by atoms with Gasteiger partial charge in [-0.2, -0.15) is 0 Å². The van der Waals surface area contributed by atoms with Crippen LogP contribution in [-0.4, -0.2) is 23.5 Å². The Morgan fingerprint density at radius 1 is 1.00 bits per heavy atom. The number of amides is 1. The van der Waals surface area contributed by atoms with Crippen molar-refractivity contribution in [3.63, 3.8) is 0 Å². The maximum atomic E-state index is 12.5. The summed E-state index contributed by atoms with van der Waals surface area (Å²) in [6, 6.07) is 22.5. The van der Waals surface area contributed by atoms with Crippen LogP contribution in [0.4, 0.5) is 5.69 Å². The van der Waals surface area contributed by atoms with Crippen molar-refractivity contribution in [1.82, 2.24) is 0 Å². The van der Waals surface area contributed by atoms with Crippen molar-refractivity contribution >= 4 is 22.4 Å². The van der Waals surface area contributed by atoms with Gasteiger partial charge in [0, 0.05) is 45.2 Å². The number of carbonyl (C=O) groups is 1. The molecule has 3 aromatic rings. The third-order valence-corrected chi connectivity index (χ3v) is 5.16. The molecule has 27 heavy (non-hydrogen) atoms. The molecule has 0 saturated heterocycles. The van der Waals surface area contributed by atoms with E-state index in [0.717, 1.165) is 11.3 Å². The zero-order chi connectivity index (χ0) is 19.2. The van der Waals surface area contributed by atoms with E-state index in [1.165, 1.54) is 5.56 Å². The number of benzene rings is 3. The summed E-state index contributed by atoms with van der Waals surface area (Å²) in [5.41, 5.74) is 3.39. The van der Waals surface area contributed by atoms with Gasteiger partial charge >= 0.3 is 0 Å². The molecule has 0 radical (unpaired) electrons. The average Bonchev–Trinajstić information content (AvgIpc) is 2.69. The van der Waals surface area contributed by atoms with Crippen LogP contribution in [0, 0.1) is 0 Å². The maximum Gasteiger partial charge on any atom is 0.255 e. The highest BCUT2D eigenvalue weighted by atomic mass is 32.2. The number of hydrogen-bond acceptors (Lipinski definition) is 3. The lowest BCUT2D eigenvalue weighted by Crippen LogP contribution is -2.12. The Kier molecular flexibility index (Phi) is 6.04. The van der Waals surface area contributed by atoms with Gasteiger partial charge in [0.15, 0.2) is 0 Å². The summed E-state index contributed by atoms with van der Waals surface area (Å²) in [6.45, 7) is 0. The van der Waals surface area contributed by atoms with Gasteiger partial charge in [0.25, 0.3) is 5.91 Å². The summed E-state index contributed by atoms with van der Waals surface area (Å²) in [4.78, 5) is 13.2. The Hall–Kier alpha value is -2.92. The number of methoxy groups -OCH3 is 1. The number of carbonyl (C=O) groups excluding carboxylic acids is 1. The first-order chi connectivity index (χ1) is 13.1. The van der Waals surface area contributed by atoms with Crippen LogP contribution in [0.2, 0.25) is 0 Å². The first-order valence-electron chi connectivity index (χ1n) is 8.52. The first-order valence-corrected chi connectivity index (χ1v) is 10.1. The Morgan fingerprint density at radius 3 is 2.33 bits per heavy atom. The molecule has 0 bridgehead atoms. The normalized spacial score (nSPS) is 11.6. The van der Waals surface area contributed by atoms with E-state index in [1.807, 2.05) is 36.4 Å². The lowest BCUT2D eigenvalue weighted by atomic mass is 10.0. The molecule has 0 saturated carbocycles. The van der Waals surface area contributed by atoms with E-state index in [9.17, 15) is 9.00 Å². The fourth-order valence-corrected chi connectivity index (χ4v) is 3.33. The van der Waals surface area contributed by atoms with E-state index in [0.29, 0.717) is 22.6 Å². The third-order valence-electron chi connectivity index (χ3n) is 4.22. The predicted octanol–water partition coefficient (Wildman–Crippen LogP) is 4.28. The Morgan fingerprint density at radius 2 is 1.70 bits per heavy atom. The van der Waals surface area contributed by atoms with Crippen molar-refractivity contribution in [3.05, 3.63) is 89.5 Å². The predicted molar refractivity (Wildman–Crippen MR) is 109 cm³/mol. The standard InChI is InChI=1S/C22H21NO3S/c1-26-21-13-10-19(15-18(21)14-16-6-4-3-5-7-16)23-22(24)17-8-11-20(12-9-17)27(2)25/h3-13,15H,14H2,1-2H3,(H,23,24). The van der Waals surface area contributed by atoms with Crippen LogP contribution < -0.4 is 10.1 Å². The molecule has 0 aliphatic carbocycles. The molecular weight excluding hydrogens is 358 g/mol. The minimum atomic E-state index is -1.06. The van der Waals surface area contributed by atoms with Crippen molar-refractivity contribution in [2.45, 2.75) is 11.3 Å². The molecule has 1 unspecified atom stereocenters. The third kappa shape index (κ3) is 4.83. The van der Waals surface area contributed by atoms with Gasteiger partial charge in [0.05, 0.1) is 7.11 Å². The van der Waals surface area contributed by atoms with Crippen LogP contribution in [0.25, 0.3) is 0 Å². The Labute approximate surface area is 161 Å². The van der Waals surface area contributed by atoms with Crippen molar-refractivity contribution in [1.29, 1.82) is 0 Å². The maximum absolute atomic E-state index is 12.5. The van der Waals surface area contributed by atoms with Crippen molar-refractivity contribution in [2.24, 2.45) is 0 Å². The van der Waals surface area contributed by atoms with Crippen LogP contribution in [0.5, 0.6) is 5.75 Å². The number of nitrogens with one attached hydrogen (secondary N) is 1. The van der Waals surface area contributed by atoms with Crippen LogP contribution in [0.1, 0.15) is 21.5 Å². The van der Waals surface area contributed by atoms with Gasteiger partial charge < -0.3 is 10.1 Å². The zero-order valence-corrected chi connectivity index (χ0v) is 16.1. The Bertz CT molecular complexity index is 953. The molecule has 1 amide bonds. The highest BCUT2D eigenvalue weighted by molar-refractivity contribution is 7.84. The SMILES string of the molecule is COc1ccc(NC(=O)c2ccc(S(C)=O)cc2)cc1Cc1ccccc1. The molecule has 3 rings (SSSR count). The molecule has 0 aliphatic rings. The monoisotopic (exact) mass is 379 g/mol. The van der Waals surface area contributed by atoms with E-state index in [4.69, 9.17) is 4.74 Å². The summed E-state index contributed by atoms with van der Waals surface area (Å²) in [6.07, 6.45) is 2.32. The molecule has 0 heterocycles. The fourth-order valence-electron chi connectivity index (χ4n) is 2.81. The van der Waals surface area contributed by atoms with E-state index < -0.39 is 10.8 Å². The van der Waals surface area contributed by atoms with Crippen LogP contribution in [-0.2, 0) is 17.2 Å². The molecule has 0 aliphatic heterocycles. The van der Waals surface area contributed by atoms with Gasteiger partial charge in [0.1, 0.15) is 5.75 Å². The highest BCUT2D eigenvalue weighted by Crippen LogP contribution is 2.25. The zero-order valence-electron chi connectivity index (χ0n) is 15.3. The summed E-state index contributed by atoms with van der Waals surface area (Å²) >= 11 is 0. The van der Waals surface area contributed by atoms with E-state index in [2.05, 4.69) is 17.4 Å². The van der Waals surface area contributed by atoms with Crippen molar-refractivity contribution in [3.8, 4) is 5.75 Å². The number of anilines is 1. The lowest BCUT2D eigenvalue weighted by Gasteiger charge is -2.12. The van der Waals surface area contributed by atoms with Crippen LogP contribution >= 0.6 is 0 Å². The summed E-state index contributed by atoms with van der Waals surface area (Å²) in [5, 5.41) is 2.91. The molecule has 1 atom stereocenters. The first kappa shape index (κ1) is 18.9. The average molecular weight is 379 g/mol. The molecule has 0 spiro atoms. The molecule has 3 aromatic carbocycles. The second-order valence-corrected chi connectivity index (χ2v) is 7.50. The number of rotatable bonds is 6. The van der Waals surface area contributed by atoms with Crippen molar-refractivity contribution in [2.75, 3.05) is 18.7 Å². The summed E-state index contributed by atoms with van der Waals surface area (Å²) in [7, 11) is 0.580. The topological polar surface area (TPSA) is 55.4 Å². The highest BCUT2D eigenvalue weighted by Gasteiger charge is 2.10. The van der Waals surface area contributed by atoms with Crippen LogP contribution in [0.3, 0.4) is 0 Å². The minimum Gasteiger partial charge on any atom is -0.496 e. The van der Waals surface area contributed by atoms with Gasteiger partial charge in [-0.15, -0.1) is 0 Å². The molecule has 4 nitrogen and oxygen atoms in total. The quantitative estimate of drug-likeness (QED) is 0.696. The summed E-state index contributed by atoms with van der Waals surface area (Å²) < 4.78 is 16.9. The second kappa shape index (κ2) is 8.64. The lowest BCUT2D eigenvalue weighted by molar-refractivity contribution is 0.102. The van der Waals surface area contributed by atoms with Gasteiger partial charge in [-0.05, 0) is 48.0 Å². The molecule has 0 aromatic heterocycles. The largest absolute Gasteiger partial charge is 0.496 e. The van der Waals surface area contributed by atoms with E-state index in [-0.39, 0.29) is 5.91 Å². The molecule has 5 heteroatoms. The second-order valence-electron chi connectivity index (χ2n) is 6.12. The molecule has 0 fully saturated rings. The van der Waals surface area contributed by atoms with Gasteiger partial charge in [-0.25, -0.2) is 0 Å². The van der Waals surface area contributed by atoms with Gasteiger partial charge in [-0.3, -0.25) is 9.00 Å².